The molecule has 29 heavy (non-hydrogen) atoms. The molecule has 1 aromatic heterocycles. The Morgan fingerprint density at radius 3 is 2.72 bits per heavy atom. The van der Waals surface area contributed by atoms with Gasteiger partial charge >= 0.3 is 0 Å². The van der Waals surface area contributed by atoms with Gasteiger partial charge in [0.1, 0.15) is 0 Å². The van der Waals surface area contributed by atoms with Crippen LogP contribution < -0.4 is 5.32 Å². The van der Waals surface area contributed by atoms with Gasteiger partial charge in [-0.15, -0.1) is 0 Å². The van der Waals surface area contributed by atoms with E-state index in [4.69, 9.17) is 11.6 Å². The minimum Gasteiger partial charge on any atom is -0.302 e. The average Bonchev–Trinajstić information content (AvgIpc) is 3.12. The molecule has 0 spiro atoms. The van der Waals surface area contributed by atoms with E-state index in [1.54, 1.807) is 12.1 Å². The van der Waals surface area contributed by atoms with Crippen LogP contribution in [0.25, 0.3) is 10.2 Å². The molecule has 1 atom stereocenters. The number of halogens is 2. The number of fused-ring (bicyclic) bond motifs is 1. The van der Waals surface area contributed by atoms with Gasteiger partial charge in [-0.3, -0.25) is 4.79 Å². The number of carbonyl (C=O) groups is 1. The minimum absolute atomic E-state index is 0.144. The maximum atomic E-state index is 12.9. The lowest BCUT2D eigenvalue weighted by Crippen LogP contribution is -2.43. The van der Waals surface area contributed by atoms with Crippen molar-refractivity contribution >= 4 is 70.1 Å². The van der Waals surface area contributed by atoms with Gasteiger partial charge in [0.25, 0.3) is 0 Å². The van der Waals surface area contributed by atoms with Gasteiger partial charge in [-0.25, -0.2) is 13.4 Å². The molecule has 3 aromatic rings. The Kier molecular flexibility index (Phi) is 5.94. The van der Waals surface area contributed by atoms with Gasteiger partial charge in [0.2, 0.25) is 15.9 Å². The van der Waals surface area contributed by atoms with Crippen molar-refractivity contribution in [2.75, 3.05) is 18.4 Å². The molecule has 1 fully saturated rings. The Hall–Kier alpha value is -1.52. The lowest BCUT2D eigenvalue weighted by molar-refractivity contribution is -0.120. The van der Waals surface area contributed by atoms with E-state index in [9.17, 15) is 13.2 Å². The first kappa shape index (κ1) is 20.7. The van der Waals surface area contributed by atoms with Gasteiger partial charge in [0, 0.05) is 22.6 Å². The van der Waals surface area contributed by atoms with Crippen molar-refractivity contribution in [3.63, 3.8) is 0 Å². The molecular formula is C19H17BrClN3O3S2. The summed E-state index contributed by atoms with van der Waals surface area (Å²) in [6.07, 6.45) is 1.25. The number of hydrogen-bond donors (Lipinski definition) is 1. The van der Waals surface area contributed by atoms with Crippen LogP contribution >= 0.6 is 38.9 Å². The Morgan fingerprint density at radius 1 is 1.24 bits per heavy atom. The van der Waals surface area contributed by atoms with E-state index in [2.05, 4.69) is 26.2 Å². The number of thiazole rings is 1. The number of carbonyl (C=O) groups excluding carboxylic acids is 1. The SMILES string of the molecule is O=C(Nc1nc2c(Br)cccc2s1)C1CCCN(S(=O)(=O)c2ccc(Cl)cc2)C1. The molecule has 6 nitrogen and oxygen atoms in total. The molecule has 0 radical (unpaired) electrons. The molecule has 2 aromatic carbocycles. The van der Waals surface area contributed by atoms with Crippen LogP contribution in [0.1, 0.15) is 12.8 Å². The molecule has 152 valence electrons. The van der Waals surface area contributed by atoms with Crippen molar-refractivity contribution in [1.29, 1.82) is 0 Å². The lowest BCUT2D eigenvalue weighted by Gasteiger charge is -2.31. The molecule has 2 heterocycles. The normalized spacial score (nSPS) is 18.1. The molecule has 0 aliphatic carbocycles. The highest BCUT2D eigenvalue weighted by atomic mass is 79.9. The molecule has 10 heteroatoms. The summed E-state index contributed by atoms with van der Waals surface area (Å²) in [7, 11) is -3.67. The van der Waals surface area contributed by atoms with E-state index < -0.39 is 15.9 Å². The number of para-hydroxylation sites is 1. The number of rotatable bonds is 4. The molecule has 1 amide bonds. The van der Waals surface area contributed by atoms with Crippen molar-refractivity contribution in [2.45, 2.75) is 17.7 Å². The fraction of sp³-hybridized carbons (Fsp3) is 0.263. The number of benzene rings is 2. The third kappa shape index (κ3) is 4.34. The second-order valence-corrected chi connectivity index (χ2v) is 11.0. The second-order valence-electron chi connectivity index (χ2n) is 6.75. The fourth-order valence-electron chi connectivity index (χ4n) is 3.31. The van der Waals surface area contributed by atoms with Gasteiger partial charge in [0.15, 0.2) is 5.13 Å². The molecule has 1 saturated heterocycles. The lowest BCUT2D eigenvalue weighted by atomic mass is 9.99. The van der Waals surface area contributed by atoms with Crippen molar-refractivity contribution in [3.05, 3.63) is 52.0 Å². The summed E-state index contributed by atoms with van der Waals surface area (Å²) in [6, 6.07) is 11.8. The average molecular weight is 515 g/mol. The third-order valence-corrected chi connectivity index (χ3v) is 8.51. The van der Waals surface area contributed by atoms with Gasteiger partial charge in [-0.1, -0.05) is 29.0 Å². The van der Waals surface area contributed by atoms with Crippen LogP contribution in [-0.2, 0) is 14.8 Å². The summed E-state index contributed by atoms with van der Waals surface area (Å²) in [5.74, 6) is -0.641. The van der Waals surface area contributed by atoms with Crippen LogP contribution in [-0.4, -0.2) is 36.7 Å². The summed E-state index contributed by atoms with van der Waals surface area (Å²) in [5.41, 5.74) is 0.795. The minimum atomic E-state index is -3.67. The third-order valence-electron chi connectivity index (χ3n) is 4.81. The second kappa shape index (κ2) is 8.31. The van der Waals surface area contributed by atoms with Crippen LogP contribution in [0.5, 0.6) is 0 Å². The molecule has 4 rings (SSSR count). The summed E-state index contributed by atoms with van der Waals surface area (Å²) < 4.78 is 29.0. The first-order valence-electron chi connectivity index (χ1n) is 8.96. The highest BCUT2D eigenvalue weighted by Crippen LogP contribution is 2.32. The maximum Gasteiger partial charge on any atom is 0.243 e. The molecule has 0 saturated carbocycles. The first-order chi connectivity index (χ1) is 13.8. The smallest absolute Gasteiger partial charge is 0.243 e. The number of nitrogens with one attached hydrogen (secondary N) is 1. The van der Waals surface area contributed by atoms with E-state index in [1.165, 1.54) is 27.8 Å². The number of sulfonamides is 1. The zero-order valence-corrected chi connectivity index (χ0v) is 19.1. The highest BCUT2D eigenvalue weighted by molar-refractivity contribution is 9.10. The van der Waals surface area contributed by atoms with Gasteiger partial charge in [0.05, 0.1) is 21.0 Å². The molecule has 1 unspecified atom stereocenters. The highest BCUT2D eigenvalue weighted by Gasteiger charge is 2.33. The van der Waals surface area contributed by atoms with E-state index in [0.29, 0.717) is 29.5 Å². The predicted molar refractivity (Wildman–Crippen MR) is 119 cm³/mol. The Morgan fingerprint density at radius 2 is 2.00 bits per heavy atom. The van der Waals surface area contributed by atoms with E-state index in [-0.39, 0.29) is 17.3 Å². The summed E-state index contributed by atoms with van der Waals surface area (Å²) in [4.78, 5) is 17.4. The number of amides is 1. The Balaban J connectivity index is 1.49. The predicted octanol–water partition coefficient (Wildman–Crippen LogP) is 4.75. The monoisotopic (exact) mass is 513 g/mol. The number of aromatic nitrogens is 1. The van der Waals surface area contributed by atoms with Crippen LogP contribution in [0.4, 0.5) is 5.13 Å². The van der Waals surface area contributed by atoms with E-state index >= 15 is 0 Å². The van der Waals surface area contributed by atoms with Crippen LogP contribution in [0.2, 0.25) is 5.02 Å². The maximum absolute atomic E-state index is 12.9. The summed E-state index contributed by atoms with van der Waals surface area (Å²) in [6.45, 7) is 0.536. The largest absolute Gasteiger partial charge is 0.302 e. The summed E-state index contributed by atoms with van der Waals surface area (Å²) in [5, 5.41) is 3.84. The van der Waals surface area contributed by atoms with Gasteiger partial charge < -0.3 is 5.32 Å². The van der Waals surface area contributed by atoms with Crippen LogP contribution in [0, 0.1) is 5.92 Å². The zero-order chi connectivity index (χ0) is 20.6. The van der Waals surface area contributed by atoms with Crippen molar-refractivity contribution in [2.24, 2.45) is 5.92 Å². The van der Waals surface area contributed by atoms with E-state index in [0.717, 1.165) is 14.7 Å². The number of nitrogens with zero attached hydrogens (tertiary/aromatic N) is 2. The van der Waals surface area contributed by atoms with Crippen molar-refractivity contribution in [3.8, 4) is 0 Å². The topological polar surface area (TPSA) is 79.4 Å². The Labute approximate surface area is 186 Å². The number of anilines is 1. The Bertz CT molecular complexity index is 1170. The van der Waals surface area contributed by atoms with Crippen LogP contribution in [0.15, 0.2) is 51.8 Å². The molecule has 1 N–H and O–H groups in total. The fourth-order valence-corrected chi connectivity index (χ4v) is 6.44. The van der Waals surface area contributed by atoms with Gasteiger partial charge in [-0.2, -0.15) is 4.31 Å². The number of hydrogen-bond acceptors (Lipinski definition) is 5. The van der Waals surface area contributed by atoms with E-state index in [1.807, 2.05) is 18.2 Å². The van der Waals surface area contributed by atoms with Crippen molar-refractivity contribution < 1.29 is 13.2 Å². The summed E-state index contributed by atoms with van der Waals surface area (Å²) >= 11 is 10.7. The molecule has 1 aliphatic heterocycles. The van der Waals surface area contributed by atoms with Crippen molar-refractivity contribution in [1.82, 2.24) is 9.29 Å². The number of piperidine rings is 1. The van der Waals surface area contributed by atoms with Gasteiger partial charge in [-0.05, 0) is 65.2 Å². The zero-order valence-electron chi connectivity index (χ0n) is 15.1. The van der Waals surface area contributed by atoms with Crippen LogP contribution in [0.3, 0.4) is 0 Å². The first-order valence-corrected chi connectivity index (χ1v) is 12.4. The standard InChI is InChI=1S/C19H17BrClN3O3S2/c20-15-4-1-5-16-17(15)22-19(28-16)23-18(25)12-3-2-10-24(11-12)29(26,27)14-8-6-13(21)7-9-14/h1,4-9,12H,2-3,10-11H2,(H,22,23,25). The molecule has 0 bridgehead atoms. The quantitative estimate of drug-likeness (QED) is 0.545. The molecular weight excluding hydrogens is 498 g/mol. The molecule has 1 aliphatic rings.